The molecule has 0 saturated carbocycles. The summed E-state index contributed by atoms with van der Waals surface area (Å²) in [5, 5.41) is 0.912. The number of carbonyl (C=O) groups excluding carboxylic acids is 1. The Labute approximate surface area is 163 Å². The number of esters is 1. The molecule has 3 aromatic carbocycles. The van der Waals surface area contributed by atoms with Crippen molar-refractivity contribution in [3.8, 4) is 28.1 Å². The largest absolute Gasteiger partial charge is 0.497 e. The summed E-state index contributed by atoms with van der Waals surface area (Å²) in [6.45, 7) is 0. The lowest BCUT2D eigenvalue weighted by molar-refractivity contribution is 0.0601. The molecule has 0 unspecified atom stereocenters. The average Bonchev–Trinajstić information content (AvgIpc) is 2.78. The van der Waals surface area contributed by atoms with Gasteiger partial charge in [0.1, 0.15) is 5.75 Å². The van der Waals surface area contributed by atoms with Crippen molar-refractivity contribution in [2.45, 2.75) is 0 Å². The molecular formula is C24H19NO3. The summed E-state index contributed by atoms with van der Waals surface area (Å²) in [4.78, 5) is 17.2. The Morgan fingerprint density at radius 2 is 1.57 bits per heavy atom. The van der Waals surface area contributed by atoms with E-state index in [0.29, 0.717) is 5.56 Å². The highest BCUT2D eigenvalue weighted by molar-refractivity contribution is 6.04. The standard InChI is InChI=1S/C24H19NO3/c1-27-17-12-13-22-21(14-17)20(15-23(25-22)16-8-4-3-5-9-16)18-10-6-7-11-19(18)24(26)28-2/h3-15H,1-2H3. The molecule has 4 rings (SSSR count). The smallest absolute Gasteiger partial charge is 0.338 e. The molecular weight excluding hydrogens is 350 g/mol. The van der Waals surface area contributed by atoms with E-state index in [1.165, 1.54) is 7.11 Å². The third-order valence-corrected chi connectivity index (χ3v) is 4.71. The Bertz CT molecular complexity index is 1150. The van der Waals surface area contributed by atoms with Gasteiger partial charge in [0, 0.05) is 10.9 Å². The van der Waals surface area contributed by atoms with Gasteiger partial charge in [0.2, 0.25) is 0 Å². The Morgan fingerprint density at radius 1 is 0.821 bits per heavy atom. The van der Waals surface area contributed by atoms with Crippen molar-refractivity contribution in [3.63, 3.8) is 0 Å². The molecule has 0 aliphatic heterocycles. The molecule has 0 saturated heterocycles. The molecule has 138 valence electrons. The van der Waals surface area contributed by atoms with Crippen LogP contribution >= 0.6 is 0 Å². The van der Waals surface area contributed by atoms with Crippen molar-refractivity contribution >= 4 is 16.9 Å². The fourth-order valence-corrected chi connectivity index (χ4v) is 3.32. The van der Waals surface area contributed by atoms with E-state index in [0.717, 1.165) is 39.0 Å². The van der Waals surface area contributed by atoms with Crippen LogP contribution < -0.4 is 4.74 Å². The molecule has 28 heavy (non-hydrogen) atoms. The Balaban J connectivity index is 2.05. The first-order valence-electron chi connectivity index (χ1n) is 8.93. The van der Waals surface area contributed by atoms with Crippen molar-refractivity contribution in [1.29, 1.82) is 0 Å². The summed E-state index contributed by atoms with van der Waals surface area (Å²) in [5.74, 6) is 0.364. The zero-order valence-corrected chi connectivity index (χ0v) is 15.7. The molecule has 0 aliphatic rings. The highest BCUT2D eigenvalue weighted by Crippen LogP contribution is 2.35. The topological polar surface area (TPSA) is 48.4 Å². The van der Waals surface area contributed by atoms with Gasteiger partial charge in [0.25, 0.3) is 0 Å². The number of aromatic nitrogens is 1. The maximum atomic E-state index is 12.4. The predicted molar refractivity (Wildman–Crippen MR) is 111 cm³/mol. The van der Waals surface area contributed by atoms with E-state index in [-0.39, 0.29) is 5.97 Å². The van der Waals surface area contributed by atoms with Crippen LogP contribution in [0.3, 0.4) is 0 Å². The van der Waals surface area contributed by atoms with Crippen molar-refractivity contribution in [2.24, 2.45) is 0 Å². The second kappa shape index (κ2) is 7.53. The second-order valence-corrected chi connectivity index (χ2v) is 6.34. The van der Waals surface area contributed by atoms with Gasteiger partial charge in [-0.2, -0.15) is 0 Å². The quantitative estimate of drug-likeness (QED) is 0.454. The van der Waals surface area contributed by atoms with E-state index in [1.54, 1.807) is 13.2 Å². The van der Waals surface area contributed by atoms with Gasteiger partial charge in [-0.05, 0) is 41.5 Å². The number of nitrogens with zero attached hydrogens (tertiary/aromatic N) is 1. The minimum atomic E-state index is -0.371. The lowest BCUT2D eigenvalue weighted by Crippen LogP contribution is -2.04. The van der Waals surface area contributed by atoms with Crippen LogP contribution in [0.2, 0.25) is 0 Å². The fourth-order valence-electron chi connectivity index (χ4n) is 3.32. The van der Waals surface area contributed by atoms with Crippen molar-refractivity contribution < 1.29 is 14.3 Å². The summed E-state index contributed by atoms with van der Waals surface area (Å²) < 4.78 is 10.4. The molecule has 0 spiro atoms. The lowest BCUT2D eigenvalue weighted by Gasteiger charge is -2.14. The van der Waals surface area contributed by atoms with Crippen LogP contribution in [0.5, 0.6) is 5.75 Å². The van der Waals surface area contributed by atoms with Crippen molar-refractivity contribution in [2.75, 3.05) is 14.2 Å². The summed E-state index contributed by atoms with van der Waals surface area (Å²) in [7, 11) is 3.02. The number of benzene rings is 3. The zero-order chi connectivity index (χ0) is 19.5. The van der Waals surface area contributed by atoms with Gasteiger partial charge in [0.15, 0.2) is 0 Å². The van der Waals surface area contributed by atoms with Crippen LogP contribution in [0.4, 0.5) is 0 Å². The number of methoxy groups -OCH3 is 2. The second-order valence-electron chi connectivity index (χ2n) is 6.34. The van der Waals surface area contributed by atoms with Gasteiger partial charge in [0.05, 0.1) is 31.0 Å². The monoisotopic (exact) mass is 369 g/mol. The Morgan fingerprint density at radius 3 is 2.32 bits per heavy atom. The molecule has 0 fully saturated rings. The number of ether oxygens (including phenoxy) is 2. The van der Waals surface area contributed by atoms with Gasteiger partial charge >= 0.3 is 5.97 Å². The van der Waals surface area contributed by atoms with Gasteiger partial charge in [-0.1, -0.05) is 48.5 Å². The average molecular weight is 369 g/mol. The number of pyridine rings is 1. The summed E-state index contributed by atoms with van der Waals surface area (Å²) in [6, 6.07) is 25.2. The van der Waals surface area contributed by atoms with Gasteiger partial charge in [-0.15, -0.1) is 0 Å². The third-order valence-electron chi connectivity index (χ3n) is 4.71. The number of rotatable bonds is 4. The van der Waals surface area contributed by atoms with E-state index >= 15 is 0 Å². The first-order valence-corrected chi connectivity index (χ1v) is 8.93. The number of carbonyl (C=O) groups is 1. The highest BCUT2D eigenvalue weighted by atomic mass is 16.5. The molecule has 4 heteroatoms. The number of fused-ring (bicyclic) bond motifs is 1. The Kier molecular flexibility index (Phi) is 4.77. The molecule has 0 atom stereocenters. The predicted octanol–water partition coefficient (Wildman–Crippen LogP) is 5.36. The third kappa shape index (κ3) is 3.21. The SMILES string of the molecule is COC(=O)c1ccccc1-c1cc(-c2ccccc2)nc2ccc(OC)cc12. The number of hydrogen-bond donors (Lipinski definition) is 0. The van der Waals surface area contributed by atoms with E-state index in [2.05, 4.69) is 0 Å². The lowest BCUT2D eigenvalue weighted by atomic mass is 9.94. The molecule has 0 amide bonds. The van der Waals surface area contributed by atoms with Crippen LogP contribution in [-0.4, -0.2) is 25.2 Å². The van der Waals surface area contributed by atoms with Gasteiger partial charge < -0.3 is 9.47 Å². The van der Waals surface area contributed by atoms with Crippen LogP contribution in [0.25, 0.3) is 33.3 Å². The maximum absolute atomic E-state index is 12.4. The van der Waals surface area contributed by atoms with E-state index in [4.69, 9.17) is 14.5 Å². The first kappa shape index (κ1) is 17.7. The summed E-state index contributed by atoms with van der Waals surface area (Å²) in [5.41, 5.74) is 4.90. The van der Waals surface area contributed by atoms with Crippen molar-refractivity contribution in [3.05, 3.63) is 84.4 Å². The minimum Gasteiger partial charge on any atom is -0.497 e. The molecule has 1 aromatic heterocycles. The van der Waals surface area contributed by atoms with Crippen LogP contribution in [0.1, 0.15) is 10.4 Å². The van der Waals surface area contributed by atoms with E-state index in [9.17, 15) is 4.79 Å². The van der Waals surface area contributed by atoms with E-state index in [1.807, 2.05) is 72.8 Å². The highest BCUT2D eigenvalue weighted by Gasteiger charge is 2.17. The van der Waals surface area contributed by atoms with Gasteiger partial charge in [-0.25, -0.2) is 9.78 Å². The van der Waals surface area contributed by atoms with E-state index < -0.39 is 0 Å². The molecule has 0 aliphatic carbocycles. The summed E-state index contributed by atoms with van der Waals surface area (Å²) >= 11 is 0. The van der Waals surface area contributed by atoms with Gasteiger partial charge in [-0.3, -0.25) is 0 Å². The molecule has 4 nitrogen and oxygen atoms in total. The molecule has 0 bridgehead atoms. The van der Waals surface area contributed by atoms with Crippen LogP contribution in [0.15, 0.2) is 78.9 Å². The van der Waals surface area contributed by atoms with Crippen LogP contribution in [-0.2, 0) is 4.74 Å². The Hall–Kier alpha value is -3.66. The molecule has 0 N–H and O–H groups in total. The van der Waals surface area contributed by atoms with Crippen molar-refractivity contribution in [1.82, 2.24) is 4.98 Å². The fraction of sp³-hybridized carbons (Fsp3) is 0.0833. The summed E-state index contributed by atoms with van der Waals surface area (Å²) in [6.07, 6.45) is 0. The first-order chi connectivity index (χ1) is 13.7. The zero-order valence-electron chi connectivity index (χ0n) is 15.7. The molecule has 0 radical (unpaired) electrons. The van der Waals surface area contributed by atoms with Crippen LogP contribution in [0, 0.1) is 0 Å². The maximum Gasteiger partial charge on any atom is 0.338 e. The molecule has 1 heterocycles. The normalized spacial score (nSPS) is 10.6. The molecule has 4 aromatic rings. The minimum absolute atomic E-state index is 0.371. The number of hydrogen-bond acceptors (Lipinski definition) is 4.